The highest BCUT2D eigenvalue weighted by Crippen LogP contribution is 2.42. The molecule has 138 valence electrons. The van der Waals surface area contributed by atoms with Gasteiger partial charge in [-0.15, -0.1) is 0 Å². The number of likely N-dealkylation sites (tertiary alicyclic amines) is 1. The standard InChI is InChI=1S/C21H32N2O2/c1-3-18(4-1)16-23-11-8-21(9-12-23)20(7-14-25-21)6-13-24-17-19-5-2-10-22-15-19/h2,5,10,15,18,20H,1,3-4,6-9,11-14,16-17H2. The molecule has 1 spiro atoms. The lowest BCUT2D eigenvalue weighted by molar-refractivity contribution is -0.0750. The van der Waals surface area contributed by atoms with Crippen LogP contribution >= 0.6 is 0 Å². The summed E-state index contributed by atoms with van der Waals surface area (Å²) >= 11 is 0. The molecule has 1 aliphatic carbocycles. The first-order valence-corrected chi connectivity index (χ1v) is 10.2. The minimum Gasteiger partial charge on any atom is -0.377 e. The Morgan fingerprint density at radius 1 is 1.24 bits per heavy atom. The number of piperidine rings is 1. The summed E-state index contributed by atoms with van der Waals surface area (Å²) in [7, 11) is 0. The Bertz CT molecular complexity index is 524. The Morgan fingerprint density at radius 3 is 2.84 bits per heavy atom. The molecule has 1 atom stereocenters. The minimum absolute atomic E-state index is 0.147. The van der Waals surface area contributed by atoms with E-state index in [0.29, 0.717) is 12.5 Å². The van der Waals surface area contributed by atoms with E-state index < -0.39 is 0 Å². The van der Waals surface area contributed by atoms with E-state index >= 15 is 0 Å². The lowest BCUT2D eigenvalue weighted by atomic mass is 9.77. The molecular formula is C21H32N2O2. The van der Waals surface area contributed by atoms with Crippen molar-refractivity contribution in [2.45, 2.75) is 57.2 Å². The second kappa shape index (κ2) is 8.15. The van der Waals surface area contributed by atoms with Gasteiger partial charge in [-0.3, -0.25) is 4.98 Å². The molecule has 0 bridgehead atoms. The van der Waals surface area contributed by atoms with Crippen LogP contribution in [0.4, 0.5) is 0 Å². The smallest absolute Gasteiger partial charge is 0.0736 e. The van der Waals surface area contributed by atoms with Gasteiger partial charge in [0.05, 0.1) is 12.2 Å². The molecule has 1 aromatic rings. The summed E-state index contributed by atoms with van der Waals surface area (Å²) in [6, 6.07) is 4.04. The van der Waals surface area contributed by atoms with Crippen molar-refractivity contribution in [3.63, 3.8) is 0 Å². The van der Waals surface area contributed by atoms with E-state index in [0.717, 1.165) is 31.1 Å². The van der Waals surface area contributed by atoms with Crippen LogP contribution in [-0.2, 0) is 16.1 Å². The molecular weight excluding hydrogens is 312 g/mol. The van der Waals surface area contributed by atoms with E-state index in [2.05, 4.69) is 16.0 Å². The molecule has 0 amide bonds. The minimum atomic E-state index is 0.147. The van der Waals surface area contributed by atoms with Crippen LogP contribution in [0.15, 0.2) is 24.5 Å². The highest BCUT2D eigenvalue weighted by molar-refractivity contribution is 5.06. The maximum absolute atomic E-state index is 6.31. The molecule has 4 rings (SSSR count). The van der Waals surface area contributed by atoms with Gasteiger partial charge < -0.3 is 14.4 Å². The molecule has 2 saturated heterocycles. The third-order valence-corrected chi connectivity index (χ3v) is 6.65. The highest BCUT2D eigenvalue weighted by Gasteiger charge is 2.45. The number of rotatable bonds is 7. The quantitative estimate of drug-likeness (QED) is 0.707. The Morgan fingerprint density at radius 2 is 2.12 bits per heavy atom. The Hall–Kier alpha value is -0.970. The van der Waals surface area contributed by atoms with Crippen molar-refractivity contribution in [2.75, 3.05) is 32.8 Å². The number of ether oxygens (including phenoxy) is 2. The predicted molar refractivity (Wildman–Crippen MR) is 98.3 cm³/mol. The lowest BCUT2D eigenvalue weighted by Crippen LogP contribution is -2.49. The molecule has 1 unspecified atom stereocenters. The van der Waals surface area contributed by atoms with Crippen LogP contribution < -0.4 is 0 Å². The first kappa shape index (κ1) is 17.4. The normalized spacial score (nSPS) is 26.8. The van der Waals surface area contributed by atoms with Crippen molar-refractivity contribution in [1.82, 2.24) is 9.88 Å². The summed E-state index contributed by atoms with van der Waals surface area (Å²) in [5.41, 5.74) is 1.30. The van der Waals surface area contributed by atoms with Gasteiger partial charge in [0, 0.05) is 45.2 Å². The highest BCUT2D eigenvalue weighted by atomic mass is 16.5. The fraction of sp³-hybridized carbons (Fsp3) is 0.762. The maximum Gasteiger partial charge on any atom is 0.0736 e. The Kier molecular flexibility index (Phi) is 5.69. The van der Waals surface area contributed by atoms with Crippen LogP contribution in [0, 0.1) is 11.8 Å². The fourth-order valence-electron chi connectivity index (χ4n) is 4.80. The second-order valence-corrected chi connectivity index (χ2v) is 8.20. The molecule has 1 aromatic heterocycles. The molecule has 2 aliphatic heterocycles. The third-order valence-electron chi connectivity index (χ3n) is 6.65. The molecule has 3 heterocycles. The molecule has 4 nitrogen and oxygen atoms in total. The van der Waals surface area contributed by atoms with Crippen LogP contribution in [0.1, 0.15) is 50.5 Å². The Balaban J connectivity index is 1.20. The van der Waals surface area contributed by atoms with Crippen molar-refractivity contribution >= 4 is 0 Å². The maximum atomic E-state index is 6.31. The first-order valence-electron chi connectivity index (χ1n) is 10.2. The van der Waals surface area contributed by atoms with Gasteiger partial charge in [0.15, 0.2) is 0 Å². The number of hydrogen-bond acceptors (Lipinski definition) is 4. The van der Waals surface area contributed by atoms with Gasteiger partial charge in [0.1, 0.15) is 0 Å². The third kappa shape index (κ3) is 4.24. The van der Waals surface area contributed by atoms with Gasteiger partial charge in [-0.2, -0.15) is 0 Å². The zero-order valence-electron chi connectivity index (χ0n) is 15.4. The number of nitrogens with zero attached hydrogens (tertiary/aromatic N) is 2. The van der Waals surface area contributed by atoms with Crippen molar-refractivity contribution < 1.29 is 9.47 Å². The van der Waals surface area contributed by atoms with Crippen molar-refractivity contribution in [3.05, 3.63) is 30.1 Å². The molecule has 25 heavy (non-hydrogen) atoms. The van der Waals surface area contributed by atoms with Gasteiger partial charge in [-0.05, 0) is 62.0 Å². The summed E-state index contributed by atoms with van der Waals surface area (Å²) in [6.07, 6.45) is 12.8. The van der Waals surface area contributed by atoms with Gasteiger partial charge in [-0.1, -0.05) is 12.5 Å². The van der Waals surface area contributed by atoms with E-state index in [1.54, 1.807) is 6.20 Å². The number of pyridine rings is 1. The van der Waals surface area contributed by atoms with E-state index in [1.165, 1.54) is 58.2 Å². The van der Waals surface area contributed by atoms with Crippen LogP contribution in [0.2, 0.25) is 0 Å². The van der Waals surface area contributed by atoms with E-state index in [-0.39, 0.29) is 5.60 Å². The Labute approximate surface area is 151 Å². The van der Waals surface area contributed by atoms with Gasteiger partial charge >= 0.3 is 0 Å². The predicted octanol–water partition coefficient (Wildman–Crippen LogP) is 3.66. The number of hydrogen-bond donors (Lipinski definition) is 0. The largest absolute Gasteiger partial charge is 0.377 e. The topological polar surface area (TPSA) is 34.6 Å². The van der Waals surface area contributed by atoms with Crippen LogP contribution in [0.25, 0.3) is 0 Å². The summed E-state index contributed by atoms with van der Waals surface area (Å²) < 4.78 is 12.2. The lowest BCUT2D eigenvalue weighted by Gasteiger charge is -2.44. The van der Waals surface area contributed by atoms with E-state index in [4.69, 9.17) is 9.47 Å². The second-order valence-electron chi connectivity index (χ2n) is 8.20. The van der Waals surface area contributed by atoms with Crippen LogP contribution in [0.5, 0.6) is 0 Å². The fourth-order valence-corrected chi connectivity index (χ4v) is 4.80. The molecule has 0 N–H and O–H groups in total. The first-order chi connectivity index (χ1) is 12.3. The van der Waals surface area contributed by atoms with Gasteiger partial charge in [-0.25, -0.2) is 0 Å². The van der Waals surface area contributed by atoms with Crippen molar-refractivity contribution in [3.8, 4) is 0 Å². The monoisotopic (exact) mass is 344 g/mol. The molecule has 3 fully saturated rings. The average molecular weight is 344 g/mol. The van der Waals surface area contributed by atoms with Crippen molar-refractivity contribution in [2.24, 2.45) is 11.8 Å². The summed E-state index contributed by atoms with van der Waals surface area (Å²) in [4.78, 5) is 6.83. The van der Waals surface area contributed by atoms with Crippen LogP contribution in [-0.4, -0.2) is 48.3 Å². The molecule has 4 heteroatoms. The van der Waals surface area contributed by atoms with Crippen molar-refractivity contribution in [1.29, 1.82) is 0 Å². The molecule has 0 radical (unpaired) electrons. The van der Waals surface area contributed by atoms with E-state index in [1.807, 2.05) is 12.3 Å². The summed E-state index contributed by atoms with van der Waals surface area (Å²) in [6.45, 7) is 6.22. The molecule has 3 aliphatic rings. The number of aromatic nitrogens is 1. The van der Waals surface area contributed by atoms with E-state index in [9.17, 15) is 0 Å². The van der Waals surface area contributed by atoms with Gasteiger partial charge in [0.2, 0.25) is 0 Å². The summed E-state index contributed by atoms with van der Waals surface area (Å²) in [5.74, 6) is 1.66. The summed E-state index contributed by atoms with van der Waals surface area (Å²) in [5, 5.41) is 0. The average Bonchev–Trinajstić information content (AvgIpc) is 3.00. The zero-order valence-corrected chi connectivity index (χ0v) is 15.4. The molecule has 0 aromatic carbocycles. The van der Waals surface area contributed by atoms with Crippen LogP contribution in [0.3, 0.4) is 0 Å². The van der Waals surface area contributed by atoms with Gasteiger partial charge in [0.25, 0.3) is 0 Å². The SMILES string of the molecule is c1cncc(COCCC2CCOC23CCN(CC2CCC2)CC3)c1. The zero-order chi connectivity index (χ0) is 17.0. The molecule has 1 saturated carbocycles.